The molecule has 0 saturated heterocycles. The van der Waals surface area contributed by atoms with Crippen molar-refractivity contribution >= 4 is 22.4 Å². The highest BCUT2D eigenvalue weighted by molar-refractivity contribution is 5.92. The molecule has 1 N–H and O–H groups in total. The first-order valence-corrected chi connectivity index (χ1v) is 8.63. The number of benzene rings is 1. The summed E-state index contributed by atoms with van der Waals surface area (Å²) in [6.07, 6.45) is 10.3. The molecule has 4 heterocycles. The van der Waals surface area contributed by atoms with Gasteiger partial charge in [0.1, 0.15) is 5.82 Å². The molecule has 0 fully saturated rings. The standard InChI is InChI=1S/C20H14N8/c1-2-5-17-16(4-1)19(27-18(26-17)14-6-10-21-11-7-14)25-15-12-24-28(13-15)20-22-8-3-9-23-20/h1-13H,(H,25,26,27). The minimum Gasteiger partial charge on any atom is -0.337 e. The molecule has 0 saturated carbocycles. The molecule has 0 aliphatic heterocycles. The molecule has 134 valence electrons. The van der Waals surface area contributed by atoms with E-state index in [1.54, 1.807) is 41.7 Å². The van der Waals surface area contributed by atoms with Crippen LogP contribution in [-0.2, 0) is 0 Å². The molecule has 28 heavy (non-hydrogen) atoms. The molecule has 0 bridgehead atoms. The van der Waals surface area contributed by atoms with Crippen LogP contribution in [0.2, 0.25) is 0 Å². The number of fused-ring (bicyclic) bond motifs is 1. The molecular formula is C20H14N8. The summed E-state index contributed by atoms with van der Waals surface area (Å²) in [5, 5.41) is 8.58. The smallest absolute Gasteiger partial charge is 0.250 e. The van der Waals surface area contributed by atoms with Crippen LogP contribution < -0.4 is 5.32 Å². The van der Waals surface area contributed by atoms with E-state index in [0.717, 1.165) is 22.2 Å². The number of aromatic nitrogens is 7. The molecule has 5 aromatic rings. The molecule has 0 unspecified atom stereocenters. The van der Waals surface area contributed by atoms with E-state index in [1.807, 2.05) is 42.6 Å². The number of rotatable bonds is 4. The second-order valence-corrected chi connectivity index (χ2v) is 6.00. The lowest BCUT2D eigenvalue weighted by atomic mass is 10.2. The van der Waals surface area contributed by atoms with Crippen LogP contribution in [0.5, 0.6) is 0 Å². The highest BCUT2D eigenvalue weighted by Crippen LogP contribution is 2.27. The van der Waals surface area contributed by atoms with Crippen LogP contribution in [0.1, 0.15) is 0 Å². The molecule has 0 aliphatic rings. The molecule has 8 heteroatoms. The van der Waals surface area contributed by atoms with Crippen LogP contribution in [-0.4, -0.2) is 34.7 Å². The Morgan fingerprint density at radius 1 is 0.821 bits per heavy atom. The summed E-state index contributed by atoms with van der Waals surface area (Å²) in [6.45, 7) is 0. The van der Waals surface area contributed by atoms with Gasteiger partial charge in [-0.25, -0.2) is 24.6 Å². The van der Waals surface area contributed by atoms with Crippen LogP contribution in [0.25, 0.3) is 28.2 Å². The third-order valence-electron chi connectivity index (χ3n) is 4.14. The Labute approximate surface area is 160 Å². The van der Waals surface area contributed by atoms with Crippen molar-refractivity contribution in [3.63, 3.8) is 0 Å². The van der Waals surface area contributed by atoms with Crippen molar-refractivity contribution in [3.8, 4) is 17.3 Å². The summed E-state index contributed by atoms with van der Waals surface area (Å²) in [7, 11) is 0. The SMILES string of the molecule is c1cnc(-n2cc(Nc3nc(-c4ccncc4)nc4ccccc34)cn2)nc1. The van der Waals surface area contributed by atoms with Crippen molar-refractivity contribution in [2.75, 3.05) is 5.32 Å². The lowest BCUT2D eigenvalue weighted by Gasteiger charge is -2.09. The maximum atomic E-state index is 4.73. The van der Waals surface area contributed by atoms with E-state index in [4.69, 9.17) is 4.98 Å². The Morgan fingerprint density at radius 2 is 1.64 bits per heavy atom. The topological polar surface area (TPSA) is 94.3 Å². The third-order valence-corrected chi connectivity index (χ3v) is 4.14. The molecule has 8 nitrogen and oxygen atoms in total. The van der Waals surface area contributed by atoms with Crippen molar-refractivity contribution in [3.05, 3.63) is 79.6 Å². The van der Waals surface area contributed by atoms with Crippen molar-refractivity contribution in [1.29, 1.82) is 0 Å². The van der Waals surface area contributed by atoms with Crippen LogP contribution in [0.3, 0.4) is 0 Å². The van der Waals surface area contributed by atoms with Gasteiger partial charge in [0.2, 0.25) is 5.95 Å². The van der Waals surface area contributed by atoms with E-state index in [2.05, 4.69) is 30.4 Å². The summed E-state index contributed by atoms with van der Waals surface area (Å²) >= 11 is 0. The Morgan fingerprint density at radius 3 is 2.50 bits per heavy atom. The van der Waals surface area contributed by atoms with Crippen molar-refractivity contribution in [2.45, 2.75) is 0 Å². The van der Waals surface area contributed by atoms with Gasteiger partial charge in [0.25, 0.3) is 0 Å². The first kappa shape index (κ1) is 16.0. The van der Waals surface area contributed by atoms with E-state index in [1.165, 1.54) is 0 Å². The van der Waals surface area contributed by atoms with Crippen LogP contribution in [0, 0.1) is 0 Å². The fourth-order valence-corrected chi connectivity index (χ4v) is 2.84. The summed E-state index contributed by atoms with van der Waals surface area (Å²) < 4.78 is 1.61. The highest BCUT2D eigenvalue weighted by atomic mass is 15.3. The van der Waals surface area contributed by atoms with Gasteiger partial charge >= 0.3 is 0 Å². The molecule has 0 aliphatic carbocycles. The number of pyridine rings is 1. The van der Waals surface area contributed by atoms with Crippen molar-refractivity contribution in [2.24, 2.45) is 0 Å². The molecule has 0 atom stereocenters. The maximum Gasteiger partial charge on any atom is 0.250 e. The Hall–Kier alpha value is -4.20. The second kappa shape index (κ2) is 6.84. The molecule has 0 spiro atoms. The van der Waals surface area contributed by atoms with Gasteiger partial charge in [-0.2, -0.15) is 5.10 Å². The largest absolute Gasteiger partial charge is 0.337 e. The minimum absolute atomic E-state index is 0.501. The lowest BCUT2D eigenvalue weighted by molar-refractivity contribution is 0.808. The predicted octanol–water partition coefficient (Wildman–Crippen LogP) is 3.41. The fourth-order valence-electron chi connectivity index (χ4n) is 2.84. The zero-order valence-corrected chi connectivity index (χ0v) is 14.6. The van der Waals surface area contributed by atoms with Gasteiger partial charge in [0.05, 0.1) is 23.6 Å². The predicted molar refractivity (Wildman–Crippen MR) is 105 cm³/mol. The number of para-hydroxylation sites is 1. The summed E-state index contributed by atoms with van der Waals surface area (Å²) in [6, 6.07) is 13.4. The first-order valence-electron chi connectivity index (χ1n) is 8.63. The number of nitrogens with one attached hydrogen (secondary N) is 1. The average Bonchev–Trinajstić information content (AvgIpc) is 3.23. The van der Waals surface area contributed by atoms with Gasteiger partial charge in [-0.3, -0.25) is 4.98 Å². The molecule has 1 aromatic carbocycles. The zero-order valence-electron chi connectivity index (χ0n) is 14.6. The van der Waals surface area contributed by atoms with E-state index in [9.17, 15) is 0 Å². The van der Waals surface area contributed by atoms with Gasteiger partial charge in [-0.1, -0.05) is 12.1 Å². The van der Waals surface area contributed by atoms with Gasteiger partial charge in [0.15, 0.2) is 5.82 Å². The summed E-state index contributed by atoms with van der Waals surface area (Å²) in [4.78, 5) is 21.9. The van der Waals surface area contributed by atoms with Crippen LogP contribution >= 0.6 is 0 Å². The number of nitrogens with zero attached hydrogens (tertiary/aromatic N) is 7. The Kier molecular flexibility index (Phi) is 3.91. The monoisotopic (exact) mass is 366 g/mol. The van der Waals surface area contributed by atoms with E-state index >= 15 is 0 Å². The normalized spacial score (nSPS) is 10.9. The van der Waals surface area contributed by atoms with Gasteiger partial charge in [-0.05, 0) is 30.3 Å². The summed E-state index contributed by atoms with van der Waals surface area (Å²) in [5.41, 5.74) is 2.53. The first-order chi connectivity index (χ1) is 13.9. The van der Waals surface area contributed by atoms with E-state index in [0.29, 0.717) is 17.6 Å². The van der Waals surface area contributed by atoms with Crippen LogP contribution in [0.15, 0.2) is 79.6 Å². The van der Waals surface area contributed by atoms with Gasteiger partial charge in [-0.15, -0.1) is 0 Å². The zero-order chi connectivity index (χ0) is 18.8. The molecular weight excluding hydrogens is 352 g/mol. The molecule has 5 rings (SSSR count). The number of hydrogen-bond donors (Lipinski definition) is 1. The van der Waals surface area contributed by atoms with E-state index in [-0.39, 0.29) is 0 Å². The maximum absolute atomic E-state index is 4.73. The second-order valence-electron chi connectivity index (χ2n) is 6.00. The van der Waals surface area contributed by atoms with E-state index < -0.39 is 0 Å². The van der Waals surface area contributed by atoms with Crippen molar-refractivity contribution in [1.82, 2.24) is 34.7 Å². The Balaban J connectivity index is 1.56. The lowest BCUT2D eigenvalue weighted by Crippen LogP contribution is -2.00. The van der Waals surface area contributed by atoms with Gasteiger partial charge < -0.3 is 5.32 Å². The Bertz CT molecular complexity index is 1240. The third kappa shape index (κ3) is 3.03. The number of anilines is 2. The molecule has 0 amide bonds. The van der Waals surface area contributed by atoms with Gasteiger partial charge in [0, 0.05) is 35.7 Å². The quantitative estimate of drug-likeness (QED) is 0.521. The highest BCUT2D eigenvalue weighted by Gasteiger charge is 2.11. The minimum atomic E-state index is 0.501. The summed E-state index contributed by atoms with van der Waals surface area (Å²) in [5.74, 6) is 1.83. The van der Waals surface area contributed by atoms with Crippen LogP contribution in [0.4, 0.5) is 11.5 Å². The molecule has 4 aromatic heterocycles. The molecule has 0 radical (unpaired) electrons. The number of hydrogen-bond acceptors (Lipinski definition) is 7. The average molecular weight is 366 g/mol. The van der Waals surface area contributed by atoms with Crippen molar-refractivity contribution < 1.29 is 0 Å². The fraction of sp³-hybridized carbons (Fsp3) is 0.